The van der Waals surface area contributed by atoms with E-state index >= 15 is 0 Å². The lowest BCUT2D eigenvalue weighted by Gasteiger charge is -2.19. The monoisotopic (exact) mass is 528 g/mol. The van der Waals surface area contributed by atoms with Crippen molar-refractivity contribution in [2.24, 2.45) is 0 Å². The van der Waals surface area contributed by atoms with E-state index in [2.05, 4.69) is 5.32 Å². The van der Waals surface area contributed by atoms with Crippen LogP contribution in [0.2, 0.25) is 10.0 Å². The number of amides is 1. The summed E-state index contributed by atoms with van der Waals surface area (Å²) < 4.78 is 62.8. The molecule has 3 aromatic carbocycles. The predicted molar refractivity (Wildman–Crippen MR) is 123 cm³/mol. The molecule has 1 heterocycles. The Labute approximate surface area is 203 Å². The fourth-order valence-corrected chi connectivity index (χ4v) is 5.09. The van der Waals surface area contributed by atoms with Gasteiger partial charge in [-0.15, -0.1) is 0 Å². The number of rotatable bonds is 0. The molecule has 4 bridgehead atoms. The summed E-state index contributed by atoms with van der Waals surface area (Å²) in [6.07, 6.45) is -0.620. The highest BCUT2D eigenvalue weighted by Gasteiger charge is 2.26. The van der Waals surface area contributed by atoms with Crippen LogP contribution in [0, 0.1) is 11.6 Å². The van der Waals surface area contributed by atoms with Crippen LogP contribution in [0.5, 0.6) is 11.5 Å². The average Bonchev–Trinajstić information content (AvgIpc) is 2.76. The van der Waals surface area contributed by atoms with E-state index < -0.39 is 55.0 Å². The van der Waals surface area contributed by atoms with Crippen molar-refractivity contribution in [3.05, 3.63) is 69.7 Å². The quantitative estimate of drug-likeness (QED) is 0.382. The second kappa shape index (κ2) is 8.94. The third kappa shape index (κ3) is 4.61. The number of ether oxygens (including phenoxy) is 1. The molecule has 0 saturated heterocycles. The standard InChI is InChI=1S/C22H16Cl2F2N2O5S/c1-10-9-27-22(30)11-4-16(24)21(29)20(5-11)34(31,32)28-18-7-13(15(23)8-17(18)26)14-6-12(25)2-3-19(14)33-10/h2-8,10,28-29H,9H2,1H3,(H,27,30)/t10-/m0/s1. The summed E-state index contributed by atoms with van der Waals surface area (Å²) in [6, 6.07) is 7.52. The Hall–Kier alpha value is -3.08. The molecule has 0 aromatic heterocycles. The number of anilines is 1. The predicted octanol–water partition coefficient (Wildman–Crippen LogP) is 4.96. The van der Waals surface area contributed by atoms with Gasteiger partial charge in [0.05, 0.1) is 22.3 Å². The Kier molecular flexibility index (Phi) is 6.32. The second-order valence-electron chi connectivity index (χ2n) is 7.50. The molecule has 0 radical (unpaired) electrons. The van der Waals surface area contributed by atoms with Gasteiger partial charge in [0, 0.05) is 16.7 Å². The summed E-state index contributed by atoms with van der Waals surface area (Å²) in [7, 11) is -4.64. The van der Waals surface area contributed by atoms with Gasteiger partial charge in [0.2, 0.25) is 0 Å². The van der Waals surface area contributed by atoms with Crippen molar-refractivity contribution in [2.75, 3.05) is 11.3 Å². The minimum Gasteiger partial charge on any atom is -0.505 e. The van der Waals surface area contributed by atoms with Gasteiger partial charge in [-0.25, -0.2) is 17.2 Å². The van der Waals surface area contributed by atoms with Gasteiger partial charge in [-0.05, 0) is 49.4 Å². The number of nitrogens with one attached hydrogen (secondary N) is 2. The number of carbonyl (C=O) groups excluding carboxylic acids is 1. The van der Waals surface area contributed by atoms with Crippen LogP contribution in [0.15, 0.2) is 47.4 Å². The van der Waals surface area contributed by atoms with Crippen molar-refractivity contribution >= 4 is 44.8 Å². The van der Waals surface area contributed by atoms with Gasteiger partial charge >= 0.3 is 0 Å². The van der Waals surface area contributed by atoms with Gasteiger partial charge in [0.1, 0.15) is 28.4 Å². The lowest BCUT2D eigenvalue weighted by atomic mass is 10.0. The Morgan fingerprint density at radius 2 is 1.79 bits per heavy atom. The van der Waals surface area contributed by atoms with Crippen molar-refractivity contribution in [3.63, 3.8) is 0 Å². The lowest BCUT2D eigenvalue weighted by molar-refractivity contribution is 0.0932. The Morgan fingerprint density at radius 1 is 1.06 bits per heavy atom. The van der Waals surface area contributed by atoms with E-state index in [1.165, 1.54) is 6.07 Å². The highest BCUT2D eigenvalue weighted by Crippen LogP contribution is 2.40. The first-order valence-corrected chi connectivity index (χ1v) is 12.0. The van der Waals surface area contributed by atoms with Crippen LogP contribution in [0.1, 0.15) is 17.3 Å². The molecule has 1 aliphatic rings. The minimum absolute atomic E-state index is 0.0170. The van der Waals surface area contributed by atoms with Crippen LogP contribution in [0.4, 0.5) is 14.5 Å². The minimum atomic E-state index is -4.64. The molecule has 1 amide bonds. The number of benzene rings is 3. The number of carbonyl (C=O) groups is 1. The fourth-order valence-electron chi connectivity index (χ4n) is 3.36. The summed E-state index contributed by atoms with van der Waals surface area (Å²) in [5, 5.41) is 12.3. The zero-order valence-electron chi connectivity index (χ0n) is 17.3. The zero-order valence-corrected chi connectivity index (χ0v) is 19.7. The number of aromatic hydroxyl groups is 1. The molecule has 0 fully saturated rings. The molecule has 0 spiro atoms. The van der Waals surface area contributed by atoms with Crippen LogP contribution in [0.25, 0.3) is 11.1 Å². The van der Waals surface area contributed by atoms with Crippen molar-refractivity contribution in [3.8, 4) is 22.6 Å². The van der Waals surface area contributed by atoms with E-state index in [0.29, 0.717) is 0 Å². The first kappa shape index (κ1) is 24.1. The van der Waals surface area contributed by atoms with Gasteiger partial charge in [-0.3, -0.25) is 9.52 Å². The fraction of sp³-hybridized carbons (Fsp3) is 0.136. The summed E-state index contributed by atoms with van der Waals surface area (Å²) >= 11 is 12.2. The largest absolute Gasteiger partial charge is 0.505 e. The molecule has 1 aliphatic heterocycles. The maximum absolute atomic E-state index is 14.7. The molecule has 1 atom stereocenters. The Balaban J connectivity index is 1.97. The summed E-state index contributed by atoms with van der Waals surface area (Å²) in [5.74, 6) is -3.03. The molecule has 12 heteroatoms. The van der Waals surface area contributed by atoms with Crippen LogP contribution >= 0.6 is 23.2 Å². The summed E-state index contributed by atoms with van der Waals surface area (Å²) in [5.41, 5.74) is -0.491. The van der Waals surface area contributed by atoms with E-state index in [0.717, 1.165) is 36.4 Å². The smallest absolute Gasteiger partial charge is 0.265 e. The Bertz CT molecular complexity index is 1430. The van der Waals surface area contributed by atoms with Gasteiger partial charge < -0.3 is 15.2 Å². The van der Waals surface area contributed by atoms with Crippen LogP contribution < -0.4 is 14.8 Å². The summed E-state index contributed by atoms with van der Waals surface area (Å²) in [6.45, 7) is 1.63. The van der Waals surface area contributed by atoms with Gasteiger partial charge in [-0.2, -0.15) is 0 Å². The third-order valence-corrected chi connectivity index (χ3v) is 6.97. The highest BCUT2D eigenvalue weighted by molar-refractivity contribution is 7.92. The van der Waals surface area contributed by atoms with E-state index in [-0.39, 0.29) is 34.0 Å². The first-order chi connectivity index (χ1) is 16.0. The molecule has 3 aromatic rings. The van der Waals surface area contributed by atoms with E-state index in [9.17, 15) is 27.1 Å². The number of halogens is 4. The molecular formula is C22H16Cl2F2N2O5S. The molecular weight excluding hydrogens is 513 g/mol. The number of sulfonamides is 1. The van der Waals surface area contributed by atoms with Crippen molar-refractivity contribution in [1.29, 1.82) is 0 Å². The third-order valence-electron chi connectivity index (χ3n) is 4.99. The molecule has 7 nitrogen and oxygen atoms in total. The number of fused-ring (bicyclic) bond motifs is 6. The zero-order chi connectivity index (χ0) is 24.8. The normalized spacial score (nSPS) is 17.3. The van der Waals surface area contributed by atoms with Crippen LogP contribution in [0.3, 0.4) is 0 Å². The molecule has 3 N–H and O–H groups in total. The molecule has 4 rings (SSSR count). The topological polar surface area (TPSA) is 105 Å². The van der Waals surface area contributed by atoms with Gasteiger partial charge in [0.25, 0.3) is 15.9 Å². The van der Waals surface area contributed by atoms with Gasteiger partial charge in [-0.1, -0.05) is 23.2 Å². The molecule has 178 valence electrons. The van der Waals surface area contributed by atoms with E-state index in [4.69, 9.17) is 27.9 Å². The van der Waals surface area contributed by atoms with Crippen LogP contribution in [-0.2, 0) is 10.0 Å². The van der Waals surface area contributed by atoms with Gasteiger partial charge in [0.15, 0.2) is 5.75 Å². The maximum atomic E-state index is 14.7. The Morgan fingerprint density at radius 3 is 2.53 bits per heavy atom. The summed E-state index contributed by atoms with van der Waals surface area (Å²) in [4.78, 5) is 11.9. The van der Waals surface area contributed by atoms with E-state index in [1.54, 1.807) is 6.92 Å². The maximum Gasteiger partial charge on any atom is 0.265 e. The molecule has 0 saturated carbocycles. The van der Waals surface area contributed by atoms with Crippen molar-refractivity contribution in [2.45, 2.75) is 17.9 Å². The molecule has 0 aliphatic carbocycles. The van der Waals surface area contributed by atoms with Crippen molar-refractivity contribution < 1.29 is 31.8 Å². The number of phenols is 1. The first-order valence-electron chi connectivity index (χ1n) is 9.75. The van der Waals surface area contributed by atoms with E-state index in [1.807, 2.05) is 4.72 Å². The SMILES string of the molecule is C[C@H]1CNC(=O)c2cc(Cl)c(O)c(c2)S(=O)(=O)Nc2cc(c(Cl)cc2F)-c2cc(F)ccc2O1. The lowest BCUT2D eigenvalue weighted by Crippen LogP contribution is -2.33. The highest BCUT2D eigenvalue weighted by atomic mass is 35.5. The molecule has 34 heavy (non-hydrogen) atoms. The number of phenolic OH excluding ortho intramolecular Hbond substituents is 1. The number of hydrogen-bond donors (Lipinski definition) is 3. The van der Waals surface area contributed by atoms with Crippen LogP contribution in [-0.4, -0.2) is 32.1 Å². The second-order valence-corrected chi connectivity index (χ2v) is 9.97. The average molecular weight is 529 g/mol. The number of hydrogen-bond acceptors (Lipinski definition) is 5. The van der Waals surface area contributed by atoms with Crippen molar-refractivity contribution in [1.82, 2.24) is 5.32 Å². The molecule has 0 unspecified atom stereocenters.